The van der Waals surface area contributed by atoms with E-state index in [1.807, 2.05) is 6.08 Å². The molecule has 3 rings (SSSR count). The maximum absolute atomic E-state index is 3.86. The van der Waals surface area contributed by atoms with E-state index in [0.717, 1.165) is 12.8 Å². The van der Waals surface area contributed by atoms with Gasteiger partial charge in [-0.1, -0.05) is 35.9 Å². The van der Waals surface area contributed by atoms with Gasteiger partial charge in [-0.15, -0.1) is 52.7 Å². The second kappa shape index (κ2) is 8.59. The Morgan fingerprint density at radius 3 is 2.60 bits per heavy atom. The van der Waals surface area contributed by atoms with Gasteiger partial charge in [0.2, 0.25) is 0 Å². The van der Waals surface area contributed by atoms with Crippen LogP contribution < -0.4 is 24.8 Å². The molecule has 2 aromatic rings. The maximum atomic E-state index is 3.86. The van der Waals surface area contributed by atoms with Gasteiger partial charge >= 0.3 is 21.7 Å². The second-order valence-corrected chi connectivity index (χ2v) is 4.45. The monoisotopic (exact) mass is 337 g/mol. The van der Waals surface area contributed by atoms with Crippen LogP contribution >= 0.6 is 0 Å². The normalized spacial score (nSPS) is 12.1. The van der Waals surface area contributed by atoms with Crippen molar-refractivity contribution in [2.45, 2.75) is 12.8 Å². The minimum absolute atomic E-state index is 0. The number of benzene rings is 1. The summed E-state index contributed by atoms with van der Waals surface area (Å²) in [6.07, 6.45) is 10.6. The van der Waals surface area contributed by atoms with Crippen molar-refractivity contribution in [2.75, 3.05) is 0 Å². The molecule has 0 nitrogen and oxygen atoms in total. The molecule has 1 aliphatic rings. The van der Waals surface area contributed by atoms with E-state index >= 15 is 0 Å². The largest absolute Gasteiger partial charge is 3.00 e. The molecule has 0 bridgehead atoms. The van der Waals surface area contributed by atoms with Crippen LogP contribution in [-0.2, 0) is 28.1 Å². The van der Waals surface area contributed by atoms with Crippen molar-refractivity contribution in [3.8, 4) is 0 Å². The molecule has 1 aliphatic carbocycles. The molecule has 0 N–H and O–H groups in total. The number of hydrogen-bond acceptors (Lipinski definition) is 0. The molecule has 0 unspecified atom stereocenters. The molecule has 0 aromatic heterocycles. The van der Waals surface area contributed by atoms with Crippen molar-refractivity contribution in [3.63, 3.8) is 0 Å². The molecule has 3 heteroatoms. The first-order valence-electron chi connectivity index (χ1n) is 6.04. The number of allylic oxidation sites excluding steroid dienone is 5. The zero-order chi connectivity index (χ0) is 11.7. The maximum Gasteiger partial charge on any atom is 3.00 e. The fourth-order valence-corrected chi connectivity index (χ4v) is 2.61. The summed E-state index contributed by atoms with van der Waals surface area (Å²) in [6.45, 7) is 3.86. The van der Waals surface area contributed by atoms with E-state index < -0.39 is 0 Å². The Morgan fingerprint density at radius 2 is 1.95 bits per heavy atom. The summed E-state index contributed by atoms with van der Waals surface area (Å²) >= 11 is 0. The summed E-state index contributed by atoms with van der Waals surface area (Å²) in [5.74, 6) is 0. The molecule has 0 saturated carbocycles. The second-order valence-electron chi connectivity index (χ2n) is 4.45. The van der Waals surface area contributed by atoms with E-state index in [1.54, 1.807) is 0 Å². The van der Waals surface area contributed by atoms with E-state index in [1.165, 1.54) is 27.5 Å². The van der Waals surface area contributed by atoms with Crippen molar-refractivity contribution in [2.24, 2.45) is 0 Å². The van der Waals surface area contributed by atoms with Crippen LogP contribution in [0.25, 0.3) is 16.3 Å². The van der Waals surface area contributed by atoms with Gasteiger partial charge in [0.15, 0.2) is 0 Å². The summed E-state index contributed by atoms with van der Waals surface area (Å²) < 4.78 is 0. The van der Waals surface area contributed by atoms with Gasteiger partial charge in [0.05, 0.1) is 0 Å². The zero-order valence-electron chi connectivity index (χ0n) is 11.1. The Hall–Kier alpha value is -0.656. The van der Waals surface area contributed by atoms with Crippen LogP contribution in [0.4, 0.5) is 0 Å². The minimum atomic E-state index is 0. The Labute approximate surface area is 147 Å². The zero-order valence-corrected chi connectivity index (χ0v) is 14.1. The molecule has 0 atom stereocenters. The molecule has 0 amide bonds. The first kappa shape index (κ1) is 19.3. The van der Waals surface area contributed by atoms with Gasteiger partial charge < -0.3 is 24.8 Å². The number of rotatable bonds is 3. The SMILES string of the molecule is C=CCc1[cH-]c2ccccc2c1C1=CC=CC1.[Cl-].[Cl-].[Ti+3]. The molecule has 0 spiro atoms. The summed E-state index contributed by atoms with van der Waals surface area (Å²) in [7, 11) is 0. The minimum Gasteiger partial charge on any atom is -1.00 e. The van der Waals surface area contributed by atoms with E-state index in [-0.39, 0.29) is 46.5 Å². The molecule has 0 heterocycles. The van der Waals surface area contributed by atoms with Crippen LogP contribution in [0.1, 0.15) is 17.5 Å². The van der Waals surface area contributed by atoms with Gasteiger partial charge in [0, 0.05) is 0 Å². The summed E-state index contributed by atoms with van der Waals surface area (Å²) in [4.78, 5) is 0. The number of hydrogen-bond donors (Lipinski definition) is 0. The van der Waals surface area contributed by atoms with Crippen LogP contribution in [0.3, 0.4) is 0 Å². The topological polar surface area (TPSA) is 0 Å². The third kappa shape index (κ3) is 3.51. The summed E-state index contributed by atoms with van der Waals surface area (Å²) in [5, 5.41) is 2.71. The molecule has 0 aliphatic heterocycles. The fourth-order valence-electron chi connectivity index (χ4n) is 2.61. The Kier molecular flexibility index (Phi) is 8.31. The third-order valence-corrected chi connectivity index (χ3v) is 3.34. The van der Waals surface area contributed by atoms with E-state index in [0.29, 0.717) is 0 Å². The van der Waals surface area contributed by atoms with Gasteiger partial charge in [-0.2, -0.15) is 0 Å². The summed E-state index contributed by atoms with van der Waals surface area (Å²) in [6, 6.07) is 10.9. The molecule has 101 valence electrons. The standard InChI is InChI=1S/C17H15.2ClH.Ti/c1-2-7-15-12-14-10-5-6-11-16(14)17(15)13-8-3-4-9-13;;;/h2-6,8,10-12H,1,7,9H2;2*1H;/q-1;;;+3/p-2. The molecule has 0 fully saturated rings. The van der Waals surface area contributed by atoms with Gasteiger partial charge in [-0.3, -0.25) is 0 Å². The Morgan fingerprint density at radius 1 is 1.20 bits per heavy atom. The average molecular weight is 338 g/mol. The smallest absolute Gasteiger partial charge is 1.00 e. The van der Waals surface area contributed by atoms with E-state index in [4.69, 9.17) is 0 Å². The van der Waals surface area contributed by atoms with Gasteiger partial charge in [-0.05, 0) is 12.8 Å². The summed E-state index contributed by atoms with van der Waals surface area (Å²) in [5.41, 5.74) is 4.25. The van der Waals surface area contributed by atoms with Crippen molar-refractivity contribution in [1.29, 1.82) is 0 Å². The van der Waals surface area contributed by atoms with Crippen LogP contribution in [0.2, 0.25) is 0 Å². The molecular formula is C17H15Cl2Ti. The average Bonchev–Trinajstić information content (AvgIpc) is 2.94. The molecule has 2 aromatic carbocycles. The van der Waals surface area contributed by atoms with Crippen molar-refractivity contribution >= 4 is 16.3 Å². The fraction of sp³-hybridized carbons (Fsp3) is 0.118. The van der Waals surface area contributed by atoms with Crippen LogP contribution in [-0.4, -0.2) is 0 Å². The molecular weight excluding hydrogens is 323 g/mol. The first-order valence-corrected chi connectivity index (χ1v) is 6.04. The van der Waals surface area contributed by atoms with Crippen LogP contribution in [0, 0.1) is 0 Å². The van der Waals surface area contributed by atoms with Crippen molar-refractivity contribution in [1.82, 2.24) is 0 Å². The Bertz CT molecular complexity index is 635. The first-order chi connectivity index (χ1) is 8.40. The third-order valence-electron chi connectivity index (χ3n) is 3.34. The predicted octanol–water partition coefficient (Wildman–Crippen LogP) is -1.36. The van der Waals surface area contributed by atoms with Gasteiger partial charge in [0.1, 0.15) is 0 Å². The Balaban J connectivity index is 0.00000120. The molecule has 1 radical (unpaired) electrons. The van der Waals surface area contributed by atoms with Gasteiger partial charge in [0.25, 0.3) is 0 Å². The van der Waals surface area contributed by atoms with E-state index in [9.17, 15) is 0 Å². The molecule has 20 heavy (non-hydrogen) atoms. The number of fused-ring (bicyclic) bond motifs is 1. The van der Waals surface area contributed by atoms with Gasteiger partial charge in [-0.25, -0.2) is 0 Å². The number of halogens is 2. The van der Waals surface area contributed by atoms with Crippen LogP contribution in [0.15, 0.2) is 61.2 Å². The predicted molar refractivity (Wildman–Crippen MR) is 75.2 cm³/mol. The van der Waals surface area contributed by atoms with Crippen molar-refractivity contribution in [3.05, 3.63) is 72.3 Å². The van der Waals surface area contributed by atoms with Crippen molar-refractivity contribution < 1.29 is 46.5 Å². The van der Waals surface area contributed by atoms with Crippen LogP contribution in [0.5, 0.6) is 0 Å². The van der Waals surface area contributed by atoms with E-state index in [2.05, 4.69) is 55.1 Å². The quantitative estimate of drug-likeness (QED) is 0.368. The molecule has 0 saturated heterocycles.